The zero-order valence-electron chi connectivity index (χ0n) is 22.3. The molecule has 1 fully saturated rings. The summed E-state index contributed by atoms with van der Waals surface area (Å²) in [5.74, 6) is 0. The first kappa shape index (κ1) is 31.2. The van der Waals surface area contributed by atoms with E-state index < -0.39 is 37.9 Å². The van der Waals surface area contributed by atoms with Gasteiger partial charge in [-0.1, -0.05) is 54.7 Å². The summed E-state index contributed by atoms with van der Waals surface area (Å²) in [6.07, 6.45) is 1.29. The average Bonchev–Trinajstić information content (AvgIpc) is 2.91. The van der Waals surface area contributed by atoms with E-state index in [2.05, 4.69) is 0 Å². The van der Waals surface area contributed by atoms with Crippen LogP contribution in [0.3, 0.4) is 0 Å². The Labute approximate surface area is 243 Å². The van der Waals surface area contributed by atoms with Gasteiger partial charge < -0.3 is 10.0 Å². The van der Waals surface area contributed by atoms with Gasteiger partial charge in [0, 0.05) is 36.6 Å². The number of hydrogen-bond acceptors (Lipinski definition) is 7. The molecule has 1 aliphatic carbocycles. The molecule has 8 nitrogen and oxygen atoms in total. The molecule has 2 atom stereocenters. The van der Waals surface area contributed by atoms with E-state index >= 15 is 0 Å². The highest BCUT2D eigenvalue weighted by Gasteiger charge is 2.51. The van der Waals surface area contributed by atoms with Crippen LogP contribution in [0, 0.1) is 0 Å². The smallest absolute Gasteiger partial charge is 0.376 e. The van der Waals surface area contributed by atoms with Gasteiger partial charge in [-0.2, -0.15) is 17.5 Å². The lowest BCUT2D eigenvalue weighted by Gasteiger charge is -2.44. The Morgan fingerprint density at radius 3 is 2.22 bits per heavy atom. The van der Waals surface area contributed by atoms with Crippen molar-refractivity contribution in [3.05, 3.63) is 83.3 Å². The number of halogens is 3. The van der Waals surface area contributed by atoms with Crippen LogP contribution in [0.4, 0.5) is 24.5 Å². The van der Waals surface area contributed by atoms with Crippen LogP contribution in [0.2, 0.25) is 0 Å². The molecule has 222 valence electrons. The lowest BCUT2D eigenvalue weighted by molar-refractivity contribution is -0.258. The van der Waals surface area contributed by atoms with Gasteiger partial charge in [0.25, 0.3) is 0 Å². The number of anilines is 2. The number of piperazine rings is 1. The lowest BCUT2D eigenvalue weighted by Crippen LogP contribution is -2.59. The lowest BCUT2D eigenvalue weighted by atomic mass is 9.95. The van der Waals surface area contributed by atoms with Crippen LogP contribution in [-0.4, -0.2) is 75.8 Å². The highest BCUT2D eigenvalue weighted by Crippen LogP contribution is 2.39. The molecular weight excluding hydrogens is 600 g/mol. The second-order valence-electron chi connectivity index (χ2n) is 10.0. The Morgan fingerprint density at radius 1 is 1.02 bits per heavy atom. The first-order chi connectivity index (χ1) is 19.0. The number of hydrogen-bond donors (Lipinski definition) is 1. The molecule has 0 amide bonds. The Kier molecular flexibility index (Phi) is 8.72. The van der Waals surface area contributed by atoms with Crippen molar-refractivity contribution >= 4 is 48.5 Å². The molecule has 0 spiro atoms. The predicted octanol–water partition coefficient (Wildman–Crippen LogP) is 3.96. The van der Waals surface area contributed by atoms with E-state index in [9.17, 15) is 35.1 Å². The zero-order valence-corrected chi connectivity index (χ0v) is 24.8. The van der Waals surface area contributed by atoms with Crippen molar-refractivity contribution in [2.24, 2.45) is 0 Å². The Bertz CT molecular complexity index is 1560. The number of allylic oxidation sites excluding steroid dienone is 4. The highest BCUT2D eigenvalue weighted by atomic mass is 32.2. The van der Waals surface area contributed by atoms with Crippen molar-refractivity contribution in [1.82, 2.24) is 4.31 Å². The Hall–Kier alpha value is -2.78. The molecular formula is C27H30F3N3O5S3. The Morgan fingerprint density at radius 2 is 1.66 bits per heavy atom. The van der Waals surface area contributed by atoms with E-state index in [4.69, 9.17) is 12.2 Å². The number of nitrogens with zero attached hydrogens (tertiary/aromatic N) is 3. The molecule has 0 radical (unpaired) electrons. The fourth-order valence-electron chi connectivity index (χ4n) is 4.79. The van der Waals surface area contributed by atoms with Gasteiger partial charge in [0.15, 0.2) is 5.60 Å². The number of aliphatic hydroxyl groups is 1. The number of para-hydroxylation sites is 1. The SMILES string of the molecule is C[C@@](O)(c1ccc(N2CCN(S(=O)(=O)C3=CC=CCC3=S)C[C@@H]2CN(c2ccccc2)S(C)(=O)=O)cc1)C(F)(F)F. The molecule has 2 aromatic carbocycles. The second kappa shape index (κ2) is 11.5. The number of thiocarbonyl (C=S) groups is 1. The topological polar surface area (TPSA) is 98.2 Å². The van der Waals surface area contributed by atoms with Gasteiger partial charge in [0.1, 0.15) is 0 Å². The van der Waals surface area contributed by atoms with Gasteiger partial charge in [-0.05, 0) is 42.8 Å². The first-order valence-electron chi connectivity index (χ1n) is 12.6. The van der Waals surface area contributed by atoms with Crippen LogP contribution in [0.25, 0.3) is 0 Å². The van der Waals surface area contributed by atoms with E-state index in [1.807, 2.05) is 0 Å². The van der Waals surface area contributed by atoms with Crippen molar-refractivity contribution in [1.29, 1.82) is 0 Å². The molecule has 1 heterocycles. The summed E-state index contributed by atoms with van der Waals surface area (Å²) in [6, 6.07) is 12.7. The molecule has 41 heavy (non-hydrogen) atoms. The number of rotatable bonds is 8. The van der Waals surface area contributed by atoms with Crippen molar-refractivity contribution in [2.45, 2.75) is 31.2 Å². The molecule has 0 saturated carbocycles. The minimum absolute atomic E-state index is 0.0176. The predicted molar refractivity (Wildman–Crippen MR) is 157 cm³/mol. The third kappa shape index (κ3) is 6.51. The summed E-state index contributed by atoms with van der Waals surface area (Å²) in [6.45, 7) is 0.584. The summed E-state index contributed by atoms with van der Waals surface area (Å²) in [5.41, 5.74) is -2.60. The van der Waals surface area contributed by atoms with Gasteiger partial charge in [-0.15, -0.1) is 0 Å². The van der Waals surface area contributed by atoms with Gasteiger partial charge in [0.2, 0.25) is 20.0 Å². The average molecular weight is 630 g/mol. The van der Waals surface area contributed by atoms with Crippen LogP contribution in [0.5, 0.6) is 0 Å². The maximum atomic E-state index is 13.6. The molecule has 1 saturated heterocycles. The molecule has 14 heteroatoms. The number of sulfonamides is 2. The third-order valence-electron chi connectivity index (χ3n) is 7.16. The molecule has 0 unspecified atom stereocenters. The Balaban J connectivity index is 1.72. The standard InChI is InChI=1S/C27H30F3N3O5S3/c1-26(34,27(28,29)30)20-12-14-21(15-13-20)32-17-16-31(41(37,38)25-11-7-6-10-24(25)39)18-23(32)19-33(40(2,35)36)22-8-4-3-5-9-22/h3-9,11-15,23,34H,10,16-19H2,1-2H3/t23-,26-/m1/s1. The maximum Gasteiger partial charge on any atom is 0.421 e. The maximum absolute atomic E-state index is 13.6. The molecule has 0 bridgehead atoms. The van der Waals surface area contributed by atoms with E-state index in [-0.39, 0.29) is 41.5 Å². The van der Waals surface area contributed by atoms with E-state index in [1.54, 1.807) is 47.4 Å². The van der Waals surface area contributed by atoms with E-state index in [0.29, 0.717) is 24.7 Å². The highest BCUT2D eigenvalue weighted by molar-refractivity contribution is 7.96. The van der Waals surface area contributed by atoms with Crippen molar-refractivity contribution in [3.63, 3.8) is 0 Å². The van der Waals surface area contributed by atoms with Crippen LogP contribution < -0.4 is 9.21 Å². The van der Waals surface area contributed by atoms with Crippen LogP contribution in [-0.2, 0) is 25.6 Å². The normalized spacial score (nSPS) is 20.4. The van der Waals surface area contributed by atoms with E-state index in [1.165, 1.54) is 26.8 Å². The van der Waals surface area contributed by atoms with Crippen molar-refractivity contribution in [3.8, 4) is 0 Å². The van der Waals surface area contributed by atoms with Crippen LogP contribution in [0.15, 0.2) is 77.7 Å². The van der Waals surface area contributed by atoms with Crippen molar-refractivity contribution < 1.29 is 35.1 Å². The summed E-state index contributed by atoms with van der Waals surface area (Å²) >= 11 is 5.30. The van der Waals surface area contributed by atoms with Gasteiger partial charge in [-0.3, -0.25) is 4.31 Å². The van der Waals surface area contributed by atoms with Gasteiger partial charge >= 0.3 is 6.18 Å². The molecule has 4 rings (SSSR count). The van der Waals surface area contributed by atoms with Crippen LogP contribution >= 0.6 is 12.2 Å². The molecule has 1 aliphatic heterocycles. The van der Waals surface area contributed by atoms with Gasteiger partial charge in [-0.25, -0.2) is 16.8 Å². The fraction of sp³-hybridized carbons (Fsp3) is 0.370. The quantitative estimate of drug-likeness (QED) is 0.442. The fourth-order valence-corrected chi connectivity index (χ4v) is 7.81. The monoisotopic (exact) mass is 629 g/mol. The third-order valence-corrected chi connectivity index (χ3v) is 10.8. The minimum atomic E-state index is -4.90. The molecule has 1 N–H and O–H groups in total. The van der Waals surface area contributed by atoms with Gasteiger partial charge in [0.05, 0.1) is 29.4 Å². The minimum Gasteiger partial charge on any atom is -0.376 e. The second-order valence-corrected chi connectivity index (χ2v) is 14.3. The van der Waals surface area contributed by atoms with Crippen LogP contribution in [0.1, 0.15) is 18.9 Å². The first-order valence-corrected chi connectivity index (χ1v) is 16.3. The van der Waals surface area contributed by atoms with Crippen molar-refractivity contribution in [2.75, 3.05) is 41.6 Å². The largest absolute Gasteiger partial charge is 0.421 e. The molecule has 0 aromatic heterocycles. The number of benzene rings is 2. The summed E-state index contributed by atoms with van der Waals surface area (Å²) < 4.78 is 95.5. The summed E-state index contributed by atoms with van der Waals surface area (Å²) in [5, 5.41) is 10.1. The summed E-state index contributed by atoms with van der Waals surface area (Å²) in [7, 11) is -7.81. The molecule has 2 aromatic rings. The van der Waals surface area contributed by atoms with E-state index in [0.717, 1.165) is 18.4 Å². The summed E-state index contributed by atoms with van der Waals surface area (Å²) in [4.78, 5) is 2.07. The molecule has 2 aliphatic rings. The zero-order chi connectivity index (χ0) is 30.2. The number of alkyl halides is 3.